The van der Waals surface area contributed by atoms with Gasteiger partial charge in [0.05, 0.1) is 28.0 Å². The second-order valence-corrected chi connectivity index (χ2v) is 21.7. The minimum atomic E-state index is -2.59. The lowest BCUT2D eigenvalue weighted by molar-refractivity contribution is 0.448. The SMILES string of the molecule is [2H]C([2H])([2H])c1cc(-c2cc(C([2H])(C)C)cc(C([2H])(C)C)c2)ccc1-n1c(-c2cc(C)cc(C(C)(C)C)c2O)nc2c(-c3cc(-c4cc(-c5ccc(C(C)(C)C)cc5)ccn4)cc(C(C)(C)C)c3)cccc21. The number of rotatable bonds is 8. The first kappa shape index (κ1) is 40.1. The molecule has 6 aromatic carbocycles. The first-order valence-electron chi connectivity index (χ1n) is 25.7. The molecule has 0 spiro atoms. The molecule has 1 N–H and O–H groups in total. The molecule has 8 rings (SSSR count). The van der Waals surface area contributed by atoms with E-state index in [4.69, 9.17) is 16.8 Å². The largest absolute Gasteiger partial charge is 0.507 e. The molecule has 8 aromatic rings. The summed E-state index contributed by atoms with van der Waals surface area (Å²) in [4.78, 5) is 10.4. The zero-order chi connectivity index (χ0) is 52.0. The van der Waals surface area contributed by atoms with E-state index in [0.29, 0.717) is 33.7 Å². The van der Waals surface area contributed by atoms with Gasteiger partial charge in [0.2, 0.25) is 0 Å². The van der Waals surface area contributed by atoms with Crippen LogP contribution in [0.4, 0.5) is 0 Å². The molecular weight excluding hydrogens is 803 g/mol. The van der Waals surface area contributed by atoms with Crippen molar-refractivity contribution >= 4 is 11.0 Å². The van der Waals surface area contributed by atoms with Crippen molar-refractivity contribution in [1.29, 1.82) is 0 Å². The molecule has 4 nitrogen and oxygen atoms in total. The normalized spacial score (nSPS) is 14.1. The lowest BCUT2D eigenvalue weighted by atomic mass is 9.83. The van der Waals surface area contributed by atoms with Gasteiger partial charge in [-0.25, -0.2) is 4.98 Å². The fourth-order valence-corrected chi connectivity index (χ4v) is 8.85. The van der Waals surface area contributed by atoms with Gasteiger partial charge in [0, 0.05) is 29.7 Å². The summed E-state index contributed by atoms with van der Waals surface area (Å²) in [6.07, 6.45) is 1.87. The highest BCUT2D eigenvalue weighted by Gasteiger charge is 2.27. The maximum atomic E-state index is 12.3. The standard InChI is InChI=1S/C62H69N3O/c1-37(2)44-30-45(38(3)4)32-46(31-44)42-21-24-55(40(6)29-42)65-56-18-16-17-51(57(56)64-59(65)52-27-39(5)28-53(58(52)66)62(13,14)15)47-33-48(35-50(34-47)61(10,11)12)54-36-43(25-26-63-54)41-19-22-49(23-20-41)60(7,8)9/h16-38,66H,1-15H3/i6D3,37D,38D. The van der Waals surface area contributed by atoms with Gasteiger partial charge in [-0.3, -0.25) is 9.55 Å². The first-order valence-corrected chi connectivity index (χ1v) is 23.2. The molecule has 0 bridgehead atoms. The predicted molar refractivity (Wildman–Crippen MR) is 281 cm³/mol. The van der Waals surface area contributed by atoms with Gasteiger partial charge in [-0.2, -0.15) is 0 Å². The number of phenols is 1. The van der Waals surface area contributed by atoms with E-state index in [-0.39, 0.29) is 22.1 Å². The topological polar surface area (TPSA) is 50.9 Å². The molecule has 4 heteroatoms. The number of para-hydroxylation sites is 1. The summed E-state index contributed by atoms with van der Waals surface area (Å²) in [7, 11) is 0. The second kappa shape index (κ2) is 17.2. The lowest BCUT2D eigenvalue weighted by Crippen LogP contribution is -2.12. The Hall–Kier alpha value is -6.26. The van der Waals surface area contributed by atoms with Crippen molar-refractivity contribution in [2.24, 2.45) is 0 Å². The average molecular weight is 877 g/mol. The number of pyridine rings is 1. The summed E-state index contributed by atoms with van der Waals surface area (Å²) in [5.41, 5.74) is 14.4. The van der Waals surface area contributed by atoms with Gasteiger partial charge >= 0.3 is 0 Å². The van der Waals surface area contributed by atoms with Crippen LogP contribution in [0.3, 0.4) is 0 Å². The zero-order valence-electron chi connectivity index (χ0n) is 46.4. The van der Waals surface area contributed by atoms with Crippen molar-refractivity contribution < 1.29 is 12.0 Å². The predicted octanol–water partition coefficient (Wildman–Crippen LogP) is 17.2. The third kappa shape index (κ3) is 9.12. The number of aromatic nitrogens is 3. The van der Waals surface area contributed by atoms with Crippen LogP contribution in [-0.4, -0.2) is 19.6 Å². The molecule has 0 fully saturated rings. The summed E-state index contributed by atoms with van der Waals surface area (Å²) in [6.45, 7) is 26.2. The van der Waals surface area contributed by atoms with Crippen molar-refractivity contribution in [2.45, 2.75) is 132 Å². The minimum absolute atomic E-state index is 0.0444. The van der Waals surface area contributed by atoms with Gasteiger partial charge < -0.3 is 5.11 Å². The number of aryl methyl sites for hydroxylation is 2. The van der Waals surface area contributed by atoms with Gasteiger partial charge in [0.1, 0.15) is 11.6 Å². The number of hydrogen-bond donors (Lipinski definition) is 1. The summed E-state index contributed by atoms with van der Waals surface area (Å²) >= 11 is 0. The smallest absolute Gasteiger partial charge is 0.149 e. The van der Waals surface area contributed by atoms with Crippen molar-refractivity contribution in [2.75, 3.05) is 0 Å². The van der Waals surface area contributed by atoms with Gasteiger partial charge in [0.25, 0.3) is 0 Å². The summed E-state index contributed by atoms with van der Waals surface area (Å²) in [6, 6.07) is 40.8. The van der Waals surface area contributed by atoms with Crippen molar-refractivity contribution in [3.8, 4) is 67.5 Å². The molecular formula is C62H69N3O. The number of hydrogen-bond acceptors (Lipinski definition) is 3. The maximum absolute atomic E-state index is 12.3. The van der Waals surface area contributed by atoms with Crippen LogP contribution in [0.1, 0.15) is 148 Å². The van der Waals surface area contributed by atoms with Crippen LogP contribution in [0.5, 0.6) is 5.75 Å². The Morgan fingerprint density at radius 2 is 1.21 bits per heavy atom. The van der Waals surface area contributed by atoms with Crippen LogP contribution < -0.4 is 0 Å². The molecule has 0 unspecified atom stereocenters. The summed E-state index contributed by atoms with van der Waals surface area (Å²) in [5.74, 6) is -1.42. The average Bonchev–Trinajstić information content (AvgIpc) is 3.67. The highest BCUT2D eigenvalue weighted by Crippen LogP contribution is 2.44. The van der Waals surface area contributed by atoms with Gasteiger partial charge in [0.15, 0.2) is 0 Å². The summed E-state index contributed by atoms with van der Waals surface area (Å²) in [5, 5.41) is 12.3. The number of benzene rings is 6. The Kier molecular flexibility index (Phi) is 10.4. The molecule has 0 amide bonds. The Balaban J connectivity index is 1.40. The third-order valence-electron chi connectivity index (χ3n) is 12.9. The van der Waals surface area contributed by atoms with Crippen LogP contribution in [0.15, 0.2) is 128 Å². The molecule has 0 radical (unpaired) electrons. The molecule has 0 aliphatic rings. The zero-order valence-corrected chi connectivity index (χ0v) is 41.4. The van der Waals surface area contributed by atoms with Crippen LogP contribution in [0.25, 0.3) is 72.7 Å². The number of fused-ring (bicyclic) bond motifs is 1. The van der Waals surface area contributed by atoms with E-state index in [1.54, 1.807) is 6.07 Å². The summed E-state index contributed by atoms with van der Waals surface area (Å²) < 4.78 is 47.0. The van der Waals surface area contributed by atoms with E-state index in [1.165, 1.54) is 5.56 Å². The van der Waals surface area contributed by atoms with Gasteiger partial charge in [-0.1, -0.05) is 163 Å². The fraction of sp³-hybridized carbons (Fsp3) is 0.323. The van der Waals surface area contributed by atoms with E-state index in [9.17, 15) is 5.11 Å². The first-order chi connectivity index (χ1) is 32.8. The number of imidazole rings is 1. The van der Waals surface area contributed by atoms with E-state index in [2.05, 4.69) is 123 Å². The molecule has 2 aromatic heterocycles. The van der Waals surface area contributed by atoms with Crippen LogP contribution in [0.2, 0.25) is 0 Å². The Morgan fingerprint density at radius 3 is 1.83 bits per heavy atom. The number of aromatic hydroxyl groups is 1. The molecule has 0 saturated heterocycles. The molecule has 2 heterocycles. The third-order valence-corrected chi connectivity index (χ3v) is 12.9. The van der Waals surface area contributed by atoms with Crippen molar-refractivity contribution in [1.82, 2.24) is 14.5 Å². The van der Waals surface area contributed by atoms with Gasteiger partial charge in [-0.15, -0.1) is 0 Å². The monoisotopic (exact) mass is 877 g/mol. The molecule has 0 aliphatic carbocycles. The molecule has 66 heavy (non-hydrogen) atoms. The van der Waals surface area contributed by atoms with E-state index < -0.39 is 24.1 Å². The van der Waals surface area contributed by atoms with Crippen LogP contribution in [0, 0.1) is 13.8 Å². The van der Waals surface area contributed by atoms with Gasteiger partial charge in [-0.05, 0) is 152 Å². The molecule has 338 valence electrons. The highest BCUT2D eigenvalue weighted by atomic mass is 16.3. The van der Waals surface area contributed by atoms with E-state index in [0.717, 1.165) is 66.9 Å². The van der Waals surface area contributed by atoms with Crippen molar-refractivity contribution in [3.63, 3.8) is 0 Å². The minimum Gasteiger partial charge on any atom is -0.507 e. The van der Waals surface area contributed by atoms with Crippen LogP contribution in [-0.2, 0) is 16.2 Å². The molecule has 0 saturated carbocycles. The fourth-order valence-electron chi connectivity index (χ4n) is 8.85. The maximum Gasteiger partial charge on any atom is 0.149 e. The van der Waals surface area contributed by atoms with Crippen LogP contribution >= 0.6 is 0 Å². The number of nitrogens with zero attached hydrogens (tertiary/aromatic N) is 3. The number of phenolic OH excluding ortho intramolecular Hbond substituents is 1. The van der Waals surface area contributed by atoms with E-state index >= 15 is 0 Å². The van der Waals surface area contributed by atoms with Crippen molar-refractivity contribution in [3.05, 3.63) is 166 Å². The highest BCUT2D eigenvalue weighted by molar-refractivity contribution is 5.97. The second-order valence-electron chi connectivity index (χ2n) is 21.7. The quantitative estimate of drug-likeness (QED) is 0.165. The van der Waals surface area contributed by atoms with E-state index in [1.807, 2.05) is 100.0 Å². The lowest BCUT2D eigenvalue weighted by Gasteiger charge is -2.23. The Labute approximate surface area is 401 Å². The Morgan fingerprint density at radius 1 is 0.576 bits per heavy atom. The Bertz CT molecular complexity index is 3290. The molecule has 0 atom stereocenters. The molecule has 0 aliphatic heterocycles.